The molecule has 3 nitrogen and oxygen atoms in total. The molecule has 2 aliphatic rings. The molecule has 2 atom stereocenters. The smallest absolute Gasteiger partial charge is 0.331 e. The quantitative estimate of drug-likeness (QED) is 0.573. The Kier molecular flexibility index (Phi) is 3.37. The number of aliphatic carboxylic acids is 1. The summed E-state index contributed by atoms with van der Waals surface area (Å²) < 4.78 is 5.80. The summed E-state index contributed by atoms with van der Waals surface area (Å²) in [7, 11) is 0. The van der Waals surface area contributed by atoms with Gasteiger partial charge in [0, 0.05) is 5.57 Å². The number of carboxylic acid groups (broad SMARTS) is 1. The second kappa shape index (κ2) is 4.54. The van der Waals surface area contributed by atoms with E-state index in [2.05, 4.69) is 26.8 Å². The molecule has 1 N–H and O–H groups in total. The van der Waals surface area contributed by atoms with Crippen LogP contribution in [0, 0.1) is 5.41 Å². The predicted octanol–water partition coefficient (Wildman–Crippen LogP) is 3.31. The lowest BCUT2D eigenvalue weighted by Gasteiger charge is -2.19. The Morgan fingerprint density at radius 2 is 2.17 bits per heavy atom. The van der Waals surface area contributed by atoms with Crippen LogP contribution in [-0.4, -0.2) is 22.8 Å². The van der Waals surface area contributed by atoms with Crippen LogP contribution in [-0.2, 0) is 9.53 Å². The average Bonchev–Trinajstić information content (AvgIpc) is 2.84. The van der Waals surface area contributed by atoms with Gasteiger partial charge in [-0.05, 0) is 38.0 Å². The van der Waals surface area contributed by atoms with Gasteiger partial charge in [-0.3, -0.25) is 0 Å². The van der Waals surface area contributed by atoms with Crippen LogP contribution < -0.4 is 0 Å². The lowest BCUT2D eigenvalue weighted by atomic mass is 9.84. The maximum absolute atomic E-state index is 11.1. The summed E-state index contributed by atoms with van der Waals surface area (Å²) in [5, 5.41) is 9.12. The molecule has 1 saturated heterocycles. The van der Waals surface area contributed by atoms with Gasteiger partial charge in [0.1, 0.15) is 0 Å². The van der Waals surface area contributed by atoms with Crippen LogP contribution in [0.15, 0.2) is 23.8 Å². The minimum Gasteiger partial charge on any atom is -0.478 e. The molecule has 0 aromatic heterocycles. The molecule has 0 aromatic carbocycles. The van der Waals surface area contributed by atoms with E-state index in [0.717, 1.165) is 19.3 Å². The summed E-state index contributed by atoms with van der Waals surface area (Å²) >= 11 is 0. The summed E-state index contributed by atoms with van der Waals surface area (Å²) in [6.45, 7) is 6.48. The van der Waals surface area contributed by atoms with Crippen molar-refractivity contribution >= 4 is 5.97 Å². The zero-order valence-electron chi connectivity index (χ0n) is 11.4. The van der Waals surface area contributed by atoms with Crippen LogP contribution in [0.3, 0.4) is 0 Å². The summed E-state index contributed by atoms with van der Waals surface area (Å²) in [6, 6.07) is 0. The predicted molar refractivity (Wildman–Crippen MR) is 70.4 cm³/mol. The van der Waals surface area contributed by atoms with Crippen molar-refractivity contribution in [1.29, 1.82) is 0 Å². The number of rotatable bonds is 1. The Labute approximate surface area is 109 Å². The summed E-state index contributed by atoms with van der Waals surface area (Å²) in [6.07, 6.45) is 9.46. The fraction of sp³-hybridized carbons (Fsp3) is 0.667. The fourth-order valence-corrected chi connectivity index (χ4v) is 2.61. The van der Waals surface area contributed by atoms with Crippen molar-refractivity contribution in [3.8, 4) is 0 Å². The van der Waals surface area contributed by atoms with Crippen molar-refractivity contribution < 1.29 is 14.6 Å². The molecule has 1 fully saturated rings. The highest BCUT2D eigenvalue weighted by molar-refractivity contribution is 5.86. The molecule has 100 valence electrons. The monoisotopic (exact) mass is 250 g/mol. The van der Waals surface area contributed by atoms with Crippen molar-refractivity contribution in [3.05, 3.63) is 23.8 Å². The van der Waals surface area contributed by atoms with Gasteiger partial charge in [-0.1, -0.05) is 32.1 Å². The largest absolute Gasteiger partial charge is 0.478 e. The Hall–Kier alpha value is -1.09. The van der Waals surface area contributed by atoms with Gasteiger partial charge in [-0.2, -0.15) is 0 Å². The van der Waals surface area contributed by atoms with Gasteiger partial charge in [0.05, 0.1) is 11.7 Å². The molecule has 2 unspecified atom stereocenters. The zero-order chi connectivity index (χ0) is 13.4. The fourth-order valence-electron chi connectivity index (χ4n) is 2.61. The number of carboxylic acids is 1. The molecule has 0 bridgehead atoms. The molecule has 1 heterocycles. The zero-order valence-corrected chi connectivity index (χ0v) is 11.4. The maximum atomic E-state index is 11.1. The normalized spacial score (nSPS) is 35.1. The van der Waals surface area contributed by atoms with Gasteiger partial charge < -0.3 is 9.84 Å². The molecular weight excluding hydrogens is 228 g/mol. The van der Waals surface area contributed by atoms with Gasteiger partial charge >= 0.3 is 5.97 Å². The van der Waals surface area contributed by atoms with Crippen LogP contribution in [0.4, 0.5) is 0 Å². The Morgan fingerprint density at radius 1 is 1.44 bits per heavy atom. The first kappa shape index (κ1) is 13.3. The molecular formula is C15H22O3. The first-order valence-corrected chi connectivity index (χ1v) is 6.60. The van der Waals surface area contributed by atoms with Crippen LogP contribution >= 0.6 is 0 Å². The summed E-state index contributed by atoms with van der Waals surface area (Å²) in [5.41, 5.74) is 0.510. The van der Waals surface area contributed by atoms with E-state index in [9.17, 15) is 4.79 Å². The number of fused-ring (bicyclic) bond motifs is 1. The average molecular weight is 250 g/mol. The molecule has 18 heavy (non-hydrogen) atoms. The Bertz CT molecular complexity index is 406. The number of allylic oxidation sites excluding steroid dienone is 3. The highest BCUT2D eigenvalue weighted by atomic mass is 16.6. The topological polar surface area (TPSA) is 49.8 Å². The van der Waals surface area contributed by atoms with Gasteiger partial charge in [0.15, 0.2) is 0 Å². The van der Waals surface area contributed by atoms with Crippen molar-refractivity contribution in [3.63, 3.8) is 0 Å². The summed E-state index contributed by atoms with van der Waals surface area (Å²) in [5.74, 6) is -0.810. The van der Waals surface area contributed by atoms with Crippen molar-refractivity contribution in [2.24, 2.45) is 5.41 Å². The van der Waals surface area contributed by atoms with Crippen LogP contribution in [0.1, 0.15) is 46.5 Å². The first-order valence-electron chi connectivity index (χ1n) is 6.60. The van der Waals surface area contributed by atoms with E-state index in [1.165, 1.54) is 0 Å². The van der Waals surface area contributed by atoms with Crippen LogP contribution in [0.5, 0.6) is 0 Å². The van der Waals surface area contributed by atoms with Gasteiger partial charge in [-0.15, -0.1) is 0 Å². The van der Waals surface area contributed by atoms with Gasteiger partial charge in [-0.25, -0.2) is 4.79 Å². The second-order valence-corrected chi connectivity index (χ2v) is 6.29. The van der Waals surface area contributed by atoms with Crippen molar-refractivity contribution in [2.45, 2.75) is 58.2 Å². The van der Waals surface area contributed by atoms with Crippen molar-refractivity contribution in [2.75, 3.05) is 0 Å². The SMILES string of the molecule is CC1(C)C=CCC(C(=O)O)=CCCC2(C)OC2C1. The van der Waals surface area contributed by atoms with E-state index >= 15 is 0 Å². The second-order valence-electron chi connectivity index (χ2n) is 6.29. The molecule has 2 rings (SSSR count). The number of epoxide rings is 1. The van der Waals surface area contributed by atoms with Crippen LogP contribution in [0.25, 0.3) is 0 Å². The molecule has 0 radical (unpaired) electrons. The Balaban J connectivity index is 2.17. The molecule has 1 aliphatic carbocycles. The van der Waals surface area contributed by atoms with Gasteiger partial charge in [0.25, 0.3) is 0 Å². The maximum Gasteiger partial charge on any atom is 0.331 e. The molecule has 0 aromatic rings. The minimum atomic E-state index is -0.810. The van der Waals surface area contributed by atoms with E-state index in [1.54, 1.807) is 0 Å². The number of ether oxygens (including phenoxy) is 1. The third kappa shape index (κ3) is 3.02. The molecule has 0 saturated carbocycles. The number of hydrogen-bond donors (Lipinski definition) is 1. The number of hydrogen-bond acceptors (Lipinski definition) is 2. The molecule has 0 amide bonds. The van der Waals surface area contributed by atoms with E-state index in [1.807, 2.05) is 12.2 Å². The van der Waals surface area contributed by atoms with Crippen molar-refractivity contribution in [1.82, 2.24) is 0 Å². The highest BCUT2D eigenvalue weighted by Crippen LogP contribution is 2.46. The summed E-state index contributed by atoms with van der Waals surface area (Å²) in [4.78, 5) is 11.1. The third-order valence-electron chi connectivity index (χ3n) is 3.96. The molecule has 3 heteroatoms. The Morgan fingerprint density at radius 3 is 2.83 bits per heavy atom. The standard InChI is InChI=1S/C15H22O3/c1-14(2)8-4-6-11(13(16)17)7-5-9-15(3)12(10-14)18-15/h4,7-8,12H,5-6,9-10H2,1-3H3,(H,16,17). The molecule has 1 aliphatic heterocycles. The van der Waals surface area contributed by atoms with E-state index < -0.39 is 5.97 Å². The van der Waals surface area contributed by atoms with E-state index in [0.29, 0.717) is 18.1 Å². The third-order valence-corrected chi connectivity index (χ3v) is 3.96. The highest BCUT2D eigenvalue weighted by Gasteiger charge is 2.52. The minimum absolute atomic E-state index is 0.0461. The lowest BCUT2D eigenvalue weighted by molar-refractivity contribution is -0.132. The van der Waals surface area contributed by atoms with E-state index in [-0.39, 0.29) is 11.0 Å². The molecule has 0 spiro atoms. The van der Waals surface area contributed by atoms with Crippen LogP contribution in [0.2, 0.25) is 0 Å². The van der Waals surface area contributed by atoms with Gasteiger partial charge in [0.2, 0.25) is 0 Å². The lowest BCUT2D eigenvalue weighted by Crippen LogP contribution is -2.16. The number of carbonyl (C=O) groups is 1. The van der Waals surface area contributed by atoms with E-state index in [4.69, 9.17) is 9.84 Å². The first-order chi connectivity index (χ1) is 8.32.